The molecular weight excluding hydrogens is 490 g/mol. The van der Waals surface area contributed by atoms with Gasteiger partial charge in [-0.3, -0.25) is 4.79 Å². The Hall–Kier alpha value is -2.24. The maximum Gasteiger partial charge on any atom is 0.221 e. The van der Waals surface area contributed by atoms with Crippen molar-refractivity contribution < 1.29 is 9.63 Å². The number of hydrogen-bond acceptors (Lipinski definition) is 3. The second-order valence-electron chi connectivity index (χ2n) is 7.38. The van der Waals surface area contributed by atoms with E-state index < -0.39 is 0 Å². The predicted octanol–water partition coefficient (Wildman–Crippen LogP) is 7.37. The summed E-state index contributed by atoms with van der Waals surface area (Å²) >= 11 is 26.2. The highest BCUT2D eigenvalue weighted by Crippen LogP contribution is 2.42. The van der Waals surface area contributed by atoms with Gasteiger partial charge in [-0.25, -0.2) is 0 Å². The summed E-state index contributed by atoms with van der Waals surface area (Å²) in [6.45, 7) is 1.69. The van der Waals surface area contributed by atoms with Crippen LogP contribution in [0.5, 0.6) is 0 Å². The zero-order valence-electron chi connectivity index (χ0n) is 17.0. The van der Waals surface area contributed by atoms with Gasteiger partial charge in [-0.05, 0) is 29.3 Å². The number of hydrogen-bond donors (Lipinski definition) is 1. The number of carbonyl (C=O) groups is 1. The van der Waals surface area contributed by atoms with Crippen molar-refractivity contribution in [2.45, 2.75) is 19.3 Å². The number of anilines is 1. The van der Waals surface area contributed by atoms with Crippen molar-refractivity contribution >= 4 is 63.7 Å². The lowest BCUT2D eigenvalue weighted by atomic mass is 9.86. The largest absolute Gasteiger partial charge is 0.394 e. The number of benzene rings is 3. The third-order valence-electron chi connectivity index (χ3n) is 5.20. The molecule has 1 N–H and O–H groups in total. The number of carbonyl (C=O) groups excluding carboxylic acids is 1. The summed E-state index contributed by atoms with van der Waals surface area (Å²) in [4.78, 5) is 17.4. The van der Waals surface area contributed by atoms with E-state index in [9.17, 15) is 4.79 Å². The summed E-state index contributed by atoms with van der Waals surface area (Å²) in [7, 11) is 0. The molecule has 1 aliphatic rings. The zero-order valence-corrected chi connectivity index (χ0v) is 20.0. The first kappa shape index (κ1) is 22.9. The smallest absolute Gasteiger partial charge is 0.221 e. The van der Waals surface area contributed by atoms with Gasteiger partial charge in [-0.2, -0.15) is 0 Å². The Morgan fingerprint density at radius 3 is 2.38 bits per heavy atom. The number of oxime groups is 1. The molecule has 0 saturated heterocycles. The van der Waals surface area contributed by atoms with Crippen LogP contribution in [0.2, 0.25) is 20.1 Å². The monoisotopic (exact) mass is 506 g/mol. The molecule has 1 atom stereocenters. The normalized spacial score (nSPS) is 15.3. The van der Waals surface area contributed by atoms with Crippen LogP contribution in [-0.4, -0.2) is 18.2 Å². The maximum absolute atomic E-state index is 11.9. The lowest BCUT2D eigenvalue weighted by molar-refractivity contribution is -0.114. The molecule has 164 valence electrons. The number of rotatable bonds is 5. The highest BCUT2D eigenvalue weighted by atomic mass is 35.5. The molecule has 1 amide bonds. The average molecular weight is 508 g/mol. The second kappa shape index (κ2) is 9.72. The lowest BCUT2D eigenvalue weighted by Crippen LogP contribution is -2.18. The number of amides is 1. The maximum atomic E-state index is 11.9. The van der Waals surface area contributed by atoms with E-state index >= 15 is 0 Å². The van der Waals surface area contributed by atoms with Crippen molar-refractivity contribution in [2.24, 2.45) is 5.16 Å². The Morgan fingerprint density at radius 2 is 1.72 bits per heavy atom. The van der Waals surface area contributed by atoms with Gasteiger partial charge in [-0.1, -0.05) is 88.0 Å². The van der Waals surface area contributed by atoms with Gasteiger partial charge in [0.05, 0.1) is 21.7 Å². The van der Waals surface area contributed by atoms with E-state index in [0.29, 0.717) is 49.0 Å². The summed E-state index contributed by atoms with van der Waals surface area (Å²) in [5.74, 6) is -0.578. The fourth-order valence-corrected chi connectivity index (χ4v) is 4.95. The summed E-state index contributed by atoms with van der Waals surface area (Å²) < 4.78 is 0. The molecule has 1 heterocycles. The summed E-state index contributed by atoms with van der Waals surface area (Å²) in [5.41, 5.74) is 4.23. The molecule has 0 fully saturated rings. The van der Waals surface area contributed by atoms with Gasteiger partial charge in [0.1, 0.15) is 6.61 Å². The molecule has 0 radical (unpaired) electrons. The standard InChI is InChI=1S/C24H18Cl4N2O2/c1-13(31)29-20-11-19(27)23(28)22(15(20)10-14-6-3-2-4-7-14)24-16(12-32-30-24)21-17(25)8-5-9-18(21)26/h2-9,11,16H,10,12H2,1H3,(H,29,31). The topological polar surface area (TPSA) is 50.7 Å². The van der Waals surface area contributed by atoms with E-state index in [0.717, 1.165) is 11.1 Å². The van der Waals surface area contributed by atoms with Crippen LogP contribution in [0.25, 0.3) is 0 Å². The van der Waals surface area contributed by atoms with E-state index in [1.165, 1.54) is 6.92 Å². The van der Waals surface area contributed by atoms with Crippen molar-refractivity contribution in [1.82, 2.24) is 0 Å². The fourth-order valence-electron chi connectivity index (χ4n) is 3.82. The van der Waals surface area contributed by atoms with Gasteiger partial charge in [0, 0.05) is 40.2 Å². The minimum atomic E-state index is -0.355. The van der Waals surface area contributed by atoms with Crippen LogP contribution in [0.15, 0.2) is 59.8 Å². The summed E-state index contributed by atoms with van der Waals surface area (Å²) in [5, 5.41) is 8.81. The quantitative estimate of drug-likeness (QED) is 0.392. The SMILES string of the molecule is CC(=O)Nc1cc(Cl)c(Cl)c(C2=NOCC2c2c(Cl)cccc2Cl)c1Cc1ccccc1. The molecule has 3 aromatic carbocycles. The minimum Gasteiger partial charge on any atom is -0.394 e. The van der Waals surface area contributed by atoms with Crippen LogP contribution in [0, 0.1) is 0 Å². The number of halogens is 4. The second-order valence-corrected chi connectivity index (χ2v) is 8.98. The summed E-state index contributed by atoms with van der Waals surface area (Å²) in [6.07, 6.45) is 0.491. The average Bonchev–Trinajstić information content (AvgIpc) is 3.21. The first-order valence-corrected chi connectivity index (χ1v) is 11.3. The van der Waals surface area contributed by atoms with E-state index in [1.54, 1.807) is 24.3 Å². The fraction of sp³-hybridized carbons (Fsp3) is 0.167. The Labute approximate surface area is 206 Å². The van der Waals surface area contributed by atoms with Gasteiger partial charge in [0.25, 0.3) is 0 Å². The molecule has 1 aliphatic heterocycles. The molecule has 0 spiro atoms. The highest BCUT2D eigenvalue weighted by molar-refractivity contribution is 6.45. The molecule has 1 unspecified atom stereocenters. The van der Waals surface area contributed by atoms with Crippen molar-refractivity contribution in [3.8, 4) is 0 Å². The van der Waals surface area contributed by atoms with E-state index in [2.05, 4.69) is 10.5 Å². The molecule has 3 aromatic rings. The Morgan fingerprint density at radius 1 is 1.03 bits per heavy atom. The molecule has 8 heteroatoms. The molecule has 0 aromatic heterocycles. The van der Waals surface area contributed by atoms with Crippen molar-refractivity contribution in [2.75, 3.05) is 11.9 Å². The van der Waals surface area contributed by atoms with Crippen LogP contribution in [0.1, 0.15) is 35.1 Å². The minimum absolute atomic E-state index is 0.223. The van der Waals surface area contributed by atoms with E-state index in [1.807, 2.05) is 30.3 Å². The molecule has 0 saturated carbocycles. The Bertz CT molecular complexity index is 1190. The molecule has 0 aliphatic carbocycles. The van der Waals surface area contributed by atoms with Gasteiger partial charge >= 0.3 is 0 Å². The summed E-state index contributed by atoms with van der Waals surface area (Å²) in [6, 6.07) is 16.8. The molecule has 0 bridgehead atoms. The van der Waals surface area contributed by atoms with Crippen LogP contribution in [-0.2, 0) is 16.1 Å². The molecule has 4 nitrogen and oxygen atoms in total. The predicted molar refractivity (Wildman–Crippen MR) is 132 cm³/mol. The molecule has 4 rings (SSSR count). The molecular formula is C24H18Cl4N2O2. The van der Waals surface area contributed by atoms with Crippen LogP contribution in [0.3, 0.4) is 0 Å². The van der Waals surface area contributed by atoms with Crippen LogP contribution < -0.4 is 5.32 Å². The van der Waals surface area contributed by atoms with Crippen molar-refractivity contribution in [3.05, 3.63) is 96.9 Å². The van der Waals surface area contributed by atoms with Crippen LogP contribution in [0.4, 0.5) is 5.69 Å². The number of nitrogens with one attached hydrogen (secondary N) is 1. The van der Waals surface area contributed by atoms with Gasteiger partial charge in [-0.15, -0.1) is 0 Å². The van der Waals surface area contributed by atoms with Crippen LogP contribution >= 0.6 is 46.4 Å². The first-order valence-electron chi connectivity index (χ1n) is 9.83. The third kappa shape index (κ3) is 4.60. The lowest BCUT2D eigenvalue weighted by Gasteiger charge is -2.21. The van der Waals surface area contributed by atoms with E-state index in [4.69, 9.17) is 51.2 Å². The van der Waals surface area contributed by atoms with Crippen molar-refractivity contribution in [1.29, 1.82) is 0 Å². The van der Waals surface area contributed by atoms with Gasteiger partial charge in [0.2, 0.25) is 5.91 Å². The van der Waals surface area contributed by atoms with Crippen molar-refractivity contribution in [3.63, 3.8) is 0 Å². The van der Waals surface area contributed by atoms with Gasteiger partial charge in [0.15, 0.2) is 0 Å². The Kier molecular flexibility index (Phi) is 6.96. The zero-order chi connectivity index (χ0) is 22.8. The first-order chi connectivity index (χ1) is 15.4. The highest BCUT2D eigenvalue weighted by Gasteiger charge is 2.34. The van der Waals surface area contributed by atoms with E-state index in [-0.39, 0.29) is 18.4 Å². The third-order valence-corrected chi connectivity index (χ3v) is 6.65. The van der Waals surface area contributed by atoms with Gasteiger partial charge < -0.3 is 10.2 Å². The molecule has 32 heavy (non-hydrogen) atoms. The number of nitrogens with zero attached hydrogens (tertiary/aromatic N) is 1. The Balaban J connectivity index is 1.92.